The van der Waals surface area contributed by atoms with Crippen LogP contribution in [0.25, 0.3) is 0 Å². The molecule has 0 aromatic heterocycles. The zero-order valence-electron chi connectivity index (χ0n) is 11.1. The van der Waals surface area contributed by atoms with E-state index in [-0.39, 0.29) is 5.78 Å². The zero-order chi connectivity index (χ0) is 13.2. The Kier molecular flexibility index (Phi) is 4.75. The molecule has 0 bridgehead atoms. The van der Waals surface area contributed by atoms with Crippen LogP contribution in [0.15, 0.2) is 22.7 Å². The molecule has 1 unspecified atom stereocenters. The molecular formula is C14H20BrNO. The number of ketones is 1. The summed E-state index contributed by atoms with van der Waals surface area (Å²) in [5.74, 6) is 0.675. The summed E-state index contributed by atoms with van der Waals surface area (Å²) in [6.07, 6.45) is 0. The number of rotatable bonds is 4. The number of hydrogen-bond donors (Lipinski definition) is 0. The van der Waals surface area contributed by atoms with E-state index >= 15 is 0 Å². The Hall–Kier alpha value is -0.830. The molecule has 2 nitrogen and oxygen atoms in total. The van der Waals surface area contributed by atoms with E-state index in [2.05, 4.69) is 48.6 Å². The largest absolute Gasteiger partial charge is 0.372 e. The van der Waals surface area contributed by atoms with E-state index in [4.69, 9.17) is 0 Å². The molecule has 3 heteroatoms. The van der Waals surface area contributed by atoms with Crippen LogP contribution in [-0.4, -0.2) is 18.9 Å². The second kappa shape index (κ2) is 5.67. The third-order valence-corrected chi connectivity index (χ3v) is 3.97. The maximum absolute atomic E-state index is 11.3. The van der Waals surface area contributed by atoms with Crippen LogP contribution in [0.2, 0.25) is 0 Å². The van der Waals surface area contributed by atoms with Crippen molar-refractivity contribution in [2.45, 2.75) is 33.7 Å². The Bertz CT molecular complexity index is 415. The summed E-state index contributed by atoms with van der Waals surface area (Å²) in [4.78, 5) is 13.6. The topological polar surface area (TPSA) is 20.3 Å². The quantitative estimate of drug-likeness (QED) is 0.779. The fourth-order valence-corrected chi connectivity index (χ4v) is 2.34. The Morgan fingerprint density at radius 1 is 1.29 bits per heavy atom. The van der Waals surface area contributed by atoms with Gasteiger partial charge in [0.25, 0.3) is 0 Å². The molecule has 0 saturated heterocycles. The molecule has 1 aromatic rings. The summed E-state index contributed by atoms with van der Waals surface area (Å²) in [5.41, 5.74) is 1.86. The number of hydrogen-bond acceptors (Lipinski definition) is 2. The molecule has 1 rings (SSSR count). The first-order valence-electron chi connectivity index (χ1n) is 5.88. The summed E-state index contributed by atoms with van der Waals surface area (Å²) < 4.78 is 0.866. The Labute approximate surface area is 112 Å². The third-order valence-electron chi connectivity index (χ3n) is 3.31. The summed E-state index contributed by atoms with van der Waals surface area (Å²) in [6.45, 7) is 8.21. The molecule has 0 fully saturated rings. The molecular weight excluding hydrogens is 278 g/mol. The number of carbonyl (C=O) groups is 1. The van der Waals surface area contributed by atoms with Crippen LogP contribution in [-0.2, 0) is 0 Å². The van der Waals surface area contributed by atoms with E-state index in [0.29, 0.717) is 12.0 Å². The Morgan fingerprint density at radius 3 is 2.29 bits per heavy atom. The van der Waals surface area contributed by atoms with Crippen LogP contribution < -0.4 is 4.90 Å². The predicted octanol–water partition coefficient (Wildman–Crippen LogP) is 4.13. The van der Waals surface area contributed by atoms with E-state index < -0.39 is 0 Å². The van der Waals surface area contributed by atoms with Gasteiger partial charge in [0.2, 0.25) is 0 Å². The van der Waals surface area contributed by atoms with Gasteiger partial charge < -0.3 is 4.90 Å². The average Bonchev–Trinajstić information content (AvgIpc) is 2.26. The molecule has 0 aliphatic carbocycles. The van der Waals surface area contributed by atoms with Gasteiger partial charge in [-0.3, -0.25) is 4.79 Å². The summed E-state index contributed by atoms with van der Waals surface area (Å²) in [5, 5.41) is 0. The highest BCUT2D eigenvalue weighted by molar-refractivity contribution is 9.10. The van der Waals surface area contributed by atoms with Gasteiger partial charge in [0.05, 0.1) is 0 Å². The number of anilines is 1. The van der Waals surface area contributed by atoms with Crippen molar-refractivity contribution in [1.29, 1.82) is 0 Å². The number of halogens is 1. The van der Waals surface area contributed by atoms with Crippen LogP contribution in [0.3, 0.4) is 0 Å². The van der Waals surface area contributed by atoms with Crippen molar-refractivity contribution < 1.29 is 4.79 Å². The van der Waals surface area contributed by atoms with E-state index in [1.807, 2.05) is 18.2 Å². The minimum absolute atomic E-state index is 0.0861. The van der Waals surface area contributed by atoms with Crippen LogP contribution in [0.1, 0.15) is 38.1 Å². The van der Waals surface area contributed by atoms with Gasteiger partial charge in [-0.05, 0) is 53.9 Å². The molecule has 0 N–H and O–H groups in total. The van der Waals surface area contributed by atoms with E-state index in [1.54, 1.807) is 6.92 Å². The van der Waals surface area contributed by atoms with Gasteiger partial charge >= 0.3 is 0 Å². The first kappa shape index (κ1) is 14.2. The minimum atomic E-state index is 0.0861. The van der Waals surface area contributed by atoms with E-state index in [9.17, 15) is 4.79 Å². The van der Waals surface area contributed by atoms with Crippen molar-refractivity contribution >= 4 is 27.4 Å². The number of nitrogens with zero attached hydrogens (tertiary/aromatic N) is 1. The lowest BCUT2D eigenvalue weighted by atomic mass is 10.0. The average molecular weight is 298 g/mol. The number of Topliss-reactive ketones (excluding diaryl/α,β-unsaturated/α-hetero) is 1. The second-order valence-corrected chi connectivity index (χ2v) is 5.67. The SMILES string of the molecule is CC(=O)c1ccc(N(C)C(C)C(C)C)cc1Br. The summed E-state index contributed by atoms with van der Waals surface area (Å²) in [6, 6.07) is 6.35. The van der Waals surface area contributed by atoms with E-state index in [0.717, 1.165) is 15.7 Å². The van der Waals surface area contributed by atoms with Crippen molar-refractivity contribution in [3.63, 3.8) is 0 Å². The Morgan fingerprint density at radius 2 is 1.88 bits per heavy atom. The summed E-state index contributed by atoms with van der Waals surface area (Å²) in [7, 11) is 2.08. The normalized spacial score (nSPS) is 12.6. The first-order chi connectivity index (χ1) is 7.84. The van der Waals surface area contributed by atoms with Gasteiger partial charge in [0.15, 0.2) is 5.78 Å². The third kappa shape index (κ3) is 3.32. The van der Waals surface area contributed by atoms with Crippen molar-refractivity contribution in [1.82, 2.24) is 0 Å². The molecule has 0 saturated carbocycles. The molecule has 0 spiro atoms. The number of carbonyl (C=O) groups excluding carboxylic acids is 1. The van der Waals surface area contributed by atoms with Crippen molar-refractivity contribution in [2.24, 2.45) is 5.92 Å². The molecule has 0 heterocycles. The fourth-order valence-electron chi connectivity index (χ4n) is 1.69. The molecule has 0 aliphatic heterocycles. The standard InChI is InChI=1S/C14H20BrNO/c1-9(2)10(3)16(5)12-6-7-13(11(4)17)14(15)8-12/h6-10H,1-5H3. The van der Waals surface area contributed by atoms with Gasteiger partial charge in [-0.25, -0.2) is 0 Å². The fraction of sp³-hybridized carbons (Fsp3) is 0.500. The van der Waals surface area contributed by atoms with E-state index in [1.165, 1.54) is 0 Å². The maximum Gasteiger partial charge on any atom is 0.160 e. The molecule has 0 aliphatic rings. The van der Waals surface area contributed by atoms with Gasteiger partial charge in [-0.1, -0.05) is 13.8 Å². The Balaban J connectivity index is 3.01. The van der Waals surface area contributed by atoms with Crippen molar-refractivity contribution in [3.05, 3.63) is 28.2 Å². The maximum atomic E-state index is 11.3. The number of benzene rings is 1. The van der Waals surface area contributed by atoms with Crippen LogP contribution in [0.4, 0.5) is 5.69 Å². The van der Waals surface area contributed by atoms with Crippen LogP contribution in [0.5, 0.6) is 0 Å². The van der Waals surface area contributed by atoms with Gasteiger partial charge in [-0.2, -0.15) is 0 Å². The highest BCUT2D eigenvalue weighted by atomic mass is 79.9. The minimum Gasteiger partial charge on any atom is -0.372 e. The lowest BCUT2D eigenvalue weighted by Gasteiger charge is -2.30. The molecule has 0 radical (unpaired) electrons. The molecule has 1 atom stereocenters. The highest BCUT2D eigenvalue weighted by Crippen LogP contribution is 2.26. The van der Waals surface area contributed by atoms with Crippen molar-refractivity contribution in [2.75, 3.05) is 11.9 Å². The molecule has 17 heavy (non-hydrogen) atoms. The van der Waals surface area contributed by atoms with Gasteiger partial charge in [0.1, 0.15) is 0 Å². The van der Waals surface area contributed by atoms with Crippen LogP contribution >= 0.6 is 15.9 Å². The second-order valence-electron chi connectivity index (χ2n) is 4.82. The first-order valence-corrected chi connectivity index (χ1v) is 6.67. The van der Waals surface area contributed by atoms with Gasteiger partial charge in [-0.15, -0.1) is 0 Å². The van der Waals surface area contributed by atoms with Crippen molar-refractivity contribution in [3.8, 4) is 0 Å². The highest BCUT2D eigenvalue weighted by Gasteiger charge is 2.15. The lowest BCUT2D eigenvalue weighted by Crippen LogP contribution is -2.33. The molecule has 1 aromatic carbocycles. The monoisotopic (exact) mass is 297 g/mol. The lowest BCUT2D eigenvalue weighted by molar-refractivity contribution is 0.101. The smallest absolute Gasteiger partial charge is 0.160 e. The van der Waals surface area contributed by atoms with Crippen LogP contribution in [0, 0.1) is 5.92 Å². The molecule has 0 amide bonds. The van der Waals surface area contributed by atoms with Gasteiger partial charge in [0, 0.05) is 28.8 Å². The predicted molar refractivity (Wildman–Crippen MR) is 76.8 cm³/mol. The summed E-state index contributed by atoms with van der Waals surface area (Å²) >= 11 is 3.45. The zero-order valence-corrected chi connectivity index (χ0v) is 12.7. The molecule has 94 valence electrons.